The largest absolute Gasteiger partial charge is 0.790 e. The zero-order valence-electron chi connectivity index (χ0n) is 11.0. The normalized spacial score (nSPS) is 35.0. The van der Waals surface area contributed by atoms with Crippen molar-refractivity contribution in [2.45, 2.75) is 25.6 Å². The molecule has 0 aromatic rings. The summed E-state index contributed by atoms with van der Waals surface area (Å²) in [6.45, 7) is 0.792. The van der Waals surface area contributed by atoms with Crippen LogP contribution in [-0.2, 0) is 26.8 Å². The molecule has 3 unspecified atom stereocenters. The molecule has 0 heterocycles. The molecule has 1 aliphatic rings. The highest BCUT2D eigenvalue weighted by Gasteiger charge is 2.40. The third kappa shape index (κ3) is 6.45. The summed E-state index contributed by atoms with van der Waals surface area (Å²) < 4.78 is 42.8. The second-order valence-corrected chi connectivity index (χ2v) is 8.98. The predicted molar refractivity (Wildman–Crippen MR) is 60.2 cm³/mol. The molecule has 1 saturated carbocycles. The Morgan fingerprint density at radius 3 is 2.00 bits per heavy atom. The fraction of sp³-hybridized carbons (Fsp3) is 1.00. The van der Waals surface area contributed by atoms with Gasteiger partial charge in [0, 0.05) is 5.92 Å². The average molecular weight is 382 g/mol. The summed E-state index contributed by atoms with van der Waals surface area (Å²) in [6, 6.07) is 0. The first-order valence-electron chi connectivity index (χ1n) is 5.80. The SMILES string of the molecule is C[C@H]1C[C@@H](O)[C@@H](COP(=O)([O-])OP(=O)([O-])OP(=O)([O-])[O-])C1O. The van der Waals surface area contributed by atoms with Gasteiger partial charge in [0.05, 0.1) is 26.6 Å². The molecule has 0 amide bonds. The van der Waals surface area contributed by atoms with E-state index in [4.69, 9.17) is 0 Å². The van der Waals surface area contributed by atoms with E-state index in [2.05, 4.69) is 13.1 Å². The van der Waals surface area contributed by atoms with Crippen LogP contribution in [0.25, 0.3) is 0 Å². The van der Waals surface area contributed by atoms with E-state index in [9.17, 15) is 43.5 Å². The minimum atomic E-state index is -6.04. The van der Waals surface area contributed by atoms with Crippen LogP contribution in [0.3, 0.4) is 0 Å². The Balaban J connectivity index is 2.63. The highest BCUT2D eigenvalue weighted by molar-refractivity contribution is 7.64. The summed E-state index contributed by atoms with van der Waals surface area (Å²) in [5, 5.41) is 19.3. The Kier molecular flexibility index (Phi) is 6.54. The van der Waals surface area contributed by atoms with Crippen molar-refractivity contribution in [1.82, 2.24) is 0 Å². The maximum absolute atomic E-state index is 11.3. The lowest BCUT2D eigenvalue weighted by atomic mass is 10.0. The summed E-state index contributed by atoms with van der Waals surface area (Å²) >= 11 is 0. The maximum atomic E-state index is 11.3. The number of phosphoric acid groups is 3. The molecule has 132 valence electrons. The van der Waals surface area contributed by atoms with E-state index in [1.165, 1.54) is 0 Å². The van der Waals surface area contributed by atoms with Crippen LogP contribution in [0.15, 0.2) is 0 Å². The van der Waals surface area contributed by atoms with Crippen LogP contribution in [0, 0.1) is 11.8 Å². The minimum absolute atomic E-state index is 0.178. The first kappa shape index (κ1) is 20.4. The maximum Gasteiger partial charge on any atom is 0.278 e. The number of hydrogen-bond donors (Lipinski definition) is 2. The number of phosphoric ester groups is 1. The topological polar surface area (TPSA) is 212 Å². The summed E-state index contributed by atoms with van der Waals surface area (Å²) in [5.41, 5.74) is 0. The van der Waals surface area contributed by atoms with Crippen molar-refractivity contribution >= 4 is 23.5 Å². The molecular formula is C7H13O12P3-4. The fourth-order valence-electron chi connectivity index (χ4n) is 2.02. The lowest BCUT2D eigenvalue weighted by Crippen LogP contribution is -2.29. The Bertz CT molecular complexity index is 529. The van der Waals surface area contributed by atoms with Crippen molar-refractivity contribution in [3.05, 3.63) is 0 Å². The van der Waals surface area contributed by atoms with Gasteiger partial charge < -0.3 is 38.9 Å². The summed E-state index contributed by atoms with van der Waals surface area (Å²) in [7, 11) is -17.6. The van der Waals surface area contributed by atoms with Crippen LogP contribution in [-0.4, -0.2) is 29.0 Å². The molecule has 6 atom stereocenters. The molecule has 0 aliphatic heterocycles. The van der Waals surface area contributed by atoms with Crippen LogP contribution in [0.1, 0.15) is 13.3 Å². The molecule has 0 aromatic carbocycles. The van der Waals surface area contributed by atoms with Gasteiger partial charge in [0.15, 0.2) is 0 Å². The molecule has 0 saturated heterocycles. The highest BCUT2D eigenvalue weighted by atomic mass is 31.3. The lowest BCUT2D eigenvalue weighted by Gasteiger charge is -2.37. The molecule has 0 spiro atoms. The standard InChI is InChI=1S/C7H17O12P3/c1-4-2-6(8)5(7(4)9)3-17-21(13,14)19-22(15,16)18-20(10,11)12/h4-9H,2-3H2,1H3,(H,13,14)(H,15,16)(H2,10,11,12)/p-4/t4-,5+,6+,7?/m0/s1. The van der Waals surface area contributed by atoms with Crippen molar-refractivity contribution in [2.75, 3.05) is 6.61 Å². The molecular weight excluding hydrogens is 369 g/mol. The first-order chi connectivity index (χ1) is 9.72. The van der Waals surface area contributed by atoms with Crippen LogP contribution in [0.5, 0.6) is 0 Å². The third-order valence-corrected chi connectivity index (χ3v) is 6.62. The van der Waals surface area contributed by atoms with Crippen LogP contribution in [0.2, 0.25) is 0 Å². The van der Waals surface area contributed by atoms with Gasteiger partial charge >= 0.3 is 0 Å². The Labute approximate surface area is 125 Å². The van der Waals surface area contributed by atoms with Gasteiger partial charge in [-0.25, -0.2) is 4.31 Å². The van der Waals surface area contributed by atoms with Gasteiger partial charge in [0.25, 0.3) is 15.6 Å². The van der Waals surface area contributed by atoms with Gasteiger partial charge in [-0.1, -0.05) is 6.92 Å². The van der Waals surface area contributed by atoms with Crippen molar-refractivity contribution in [3.63, 3.8) is 0 Å². The molecule has 0 radical (unpaired) electrons. The number of aliphatic hydroxyl groups is 2. The predicted octanol–water partition coefficient (Wildman–Crippen LogP) is -2.82. The second kappa shape index (κ2) is 7.06. The average Bonchev–Trinajstić information content (AvgIpc) is 2.45. The van der Waals surface area contributed by atoms with Gasteiger partial charge in [0.1, 0.15) is 0 Å². The lowest BCUT2D eigenvalue weighted by molar-refractivity contribution is -0.339. The molecule has 1 aliphatic carbocycles. The molecule has 15 heteroatoms. The van der Waals surface area contributed by atoms with E-state index in [0.29, 0.717) is 0 Å². The van der Waals surface area contributed by atoms with Crippen molar-refractivity contribution in [2.24, 2.45) is 11.8 Å². The first-order valence-corrected chi connectivity index (χ1v) is 10.2. The number of aliphatic hydroxyl groups excluding tert-OH is 2. The Morgan fingerprint density at radius 1 is 1.05 bits per heavy atom. The molecule has 0 bridgehead atoms. The van der Waals surface area contributed by atoms with Crippen molar-refractivity contribution in [3.8, 4) is 0 Å². The van der Waals surface area contributed by atoms with Crippen LogP contribution in [0.4, 0.5) is 0 Å². The minimum Gasteiger partial charge on any atom is -0.790 e. The van der Waals surface area contributed by atoms with Crippen molar-refractivity contribution in [1.29, 1.82) is 0 Å². The molecule has 22 heavy (non-hydrogen) atoms. The van der Waals surface area contributed by atoms with Gasteiger partial charge in [-0.3, -0.25) is 13.4 Å². The summed E-state index contributed by atoms with van der Waals surface area (Å²) in [4.78, 5) is 42.4. The van der Waals surface area contributed by atoms with E-state index >= 15 is 0 Å². The summed E-state index contributed by atoms with van der Waals surface area (Å²) in [6.07, 6.45) is -1.99. The summed E-state index contributed by atoms with van der Waals surface area (Å²) in [5.74, 6) is -1.35. The smallest absolute Gasteiger partial charge is 0.278 e. The van der Waals surface area contributed by atoms with Gasteiger partial charge in [-0.15, -0.1) is 0 Å². The van der Waals surface area contributed by atoms with Gasteiger partial charge in [-0.05, 0) is 12.3 Å². The van der Waals surface area contributed by atoms with Crippen LogP contribution >= 0.6 is 23.5 Å². The molecule has 1 fully saturated rings. The monoisotopic (exact) mass is 382 g/mol. The molecule has 1 rings (SSSR count). The van der Waals surface area contributed by atoms with E-state index in [-0.39, 0.29) is 12.3 Å². The molecule has 0 aromatic heterocycles. The van der Waals surface area contributed by atoms with Crippen molar-refractivity contribution < 1.29 is 56.6 Å². The Morgan fingerprint density at radius 2 is 1.59 bits per heavy atom. The number of hydrogen-bond acceptors (Lipinski definition) is 12. The fourth-order valence-corrected chi connectivity index (χ4v) is 4.91. The van der Waals surface area contributed by atoms with Gasteiger partial charge in [-0.2, -0.15) is 0 Å². The van der Waals surface area contributed by atoms with E-state index < -0.39 is 48.2 Å². The zero-order valence-corrected chi connectivity index (χ0v) is 13.7. The third-order valence-electron chi connectivity index (χ3n) is 2.95. The quantitative estimate of drug-likeness (QED) is 0.427. The van der Waals surface area contributed by atoms with Crippen LogP contribution < -0.4 is 19.6 Å². The number of rotatable bonds is 7. The highest BCUT2D eigenvalue weighted by Crippen LogP contribution is 2.60. The van der Waals surface area contributed by atoms with E-state index in [1.54, 1.807) is 6.92 Å². The molecule has 2 N–H and O–H groups in total. The van der Waals surface area contributed by atoms with E-state index in [0.717, 1.165) is 0 Å². The Hall–Kier alpha value is 0.330. The zero-order chi connectivity index (χ0) is 17.3. The van der Waals surface area contributed by atoms with Gasteiger partial charge in [0.2, 0.25) is 0 Å². The second-order valence-electron chi connectivity index (χ2n) is 4.74. The van der Waals surface area contributed by atoms with E-state index in [1.807, 2.05) is 0 Å². The molecule has 12 nitrogen and oxygen atoms in total.